The zero-order valence-corrected chi connectivity index (χ0v) is 11.8. The number of nitrogens with zero attached hydrogens (tertiary/aromatic N) is 2. The number of piperidine rings is 1. The minimum Gasteiger partial charge on any atom is -0.460 e. The van der Waals surface area contributed by atoms with E-state index in [1.807, 2.05) is 35.1 Å². The summed E-state index contributed by atoms with van der Waals surface area (Å²) in [6, 6.07) is 11.6. The highest BCUT2D eigenvalue weighted by Gasteiger charge is 2.24. The van der Waals surface area contributed by atoms with Crippen LogP contribution in [0.5, 0.6) is 0 Å². The van der Waals surface area contributed by atoms with Gasteiger partial charge in [-0.1, -0.05) is 18.2 Å². The lowest BCUT2D eigenvalue weighted by molar-refractivity contribution is 0.0436. The molecule has 0 radical (unpaired) electrons. The van der Waals surface area contributed by atoms with Gasteiger partial charge in [0.15, 0.2) is 0 Å². The molecular formula is C16H19N3O2. The second-order valence-electron chi connectivity index (χ2n) is 5.28. The van der Waals surface area contributed by atoms with Gasteiger partial charge in [-0.15, -0.1) is 0 Å². The Balaban J connectivity index is 1.52. The Morgan fingerprint density at radius 3 is 2.95 bits per heavy atom. The second-order valence-corrected chi connectivity index (χ2v) is 5.28. The number of ether oxygens (including phenoxy) is 1. The number of hydrogen-bond acceptors (Lipinski definition) is 4. The van der Waals surface area contributed by atoms with Crippen LogP contribution in [0.1, 0.15) is 29.2 Å². The fraction of sp³-hybridized carbons (Fsp3) is 0.375. The van der Waals surface area contributed by atoms with Gasteiger partial charge in [0.05, 0.1) is 11.6 Å². The van der Waals surface area contributed by atoms with Gasteiger partial charge in [-0.2, -0.15) is 5.10 Å². The Morgan fingerprint density at radius 1 is 1.33 bits per heavy atom. The Morgan fingerprint density at radius 2 is 2.19 bits per heavy atom. The van der Waals surface area contributed by atoms with Crippen molar-refractivity contribution in [1.82, 2.24) is 15.1 Å². The molecule has 1 aliphatic rings. The van der Waals surface area contributed by atoms with Crippen LogP contribution >= 0.6 is 0 Å². The number of carbonyl (C=O) groups excluding carboxylic acids is 1. The second kappa shape index (κ2) is 6.54. The number of esters is 1. The van der Waals surface area contributed by atoms with E-state index in [1.165, 1.54) is 0 Å². The molecule has 0 saturated carbocycles. The molecular weight excluding hydrogens is 266 g/mol. The van der Waals surface area contributed by atoms with Gasteiger partial charge in [-0.3, -0.25) is 4.68 Å². The van der Waals surface area contributed by atoms with Crippen LogP contribution in [0.25, 0.3) is 0 Å². The molecule has 110 valence electrons. The Kier molecular flexibility index (Phi) is 4.31. The summed E-state index contributed by atoms with van der Waals surface area (Å²) in [5, 5.41) is 7.70. The van der Waals surface area contributed by atoms with E-state index in [2.05, 4.69) is 10.4 Å². The first kappa shape index (κ1) is 13.8. The van der Waals surface area contributed by atoms with Crippen LogP contribution in [0.4, 0.5) is 0 Å². The van der Waals surface area contributed by atoms with Crippen LogP contribution < -0.4 is 5.32 Å². The van der Waals surface area contributed by atoms with E-state index in [1.54, 1.807) is 18.3 Å². The minimum atomic E-state index is -0.265. The smallest absolute Gasteiger partial charge is 0.338 e. The van der Waals surface area contributed by atoms with Gasteiger partial charge in [-0.05, 0) is 37.6 Å². The minimum absolute atomic E-state index is 0.181. The summed E-state index contributed by atoms with van der Waals surface area (Å²) >= 11 is 0. The van der Waals surface area contributed by atoms with Gasteiger partial charge in [0.25, 0.3) is 0 Å². The van der Waals surface area contributed by atoms with Gasteiger partial charge >= 0.3 is 5.97 Å². The predicted octanol–water partition coefficient (Wildman–Crippen LogP) is 2.03. The maximum Gasteiger partial charge on any atom is 0.338 e. The lowest BCUT2D eigenvalue weighted by atomic mass is 10.0. The number of rotatable bonds is 4. The predicted molar refractivity (Wildman–Crippen MR) is 79.0 cm³/mol. The van der Waals surface area contributed by atoms with Crippen LogP contribution in [0.3, 0.4) is 0 Å². The van der Waals surface area contributed by atoms with Crippen LogP contribution in [-0.4, -0.2) is 34.9 Å². The van der Waals surface area contributed by atoms with Gasteiger partial charge in [0, 0.05) is 18.4 Å². The fourth-order valence-electron chi connectivity index (χ4n) is 2.68. The standard InChI is InChI=1S/C16H19N3O2/c20-16(13-5-2-1-3-6-13)21-12-14-11-15(7-9-17-14)19-10-4-8-18-19/h1-6,8,10,14-15,17H,7,9,11-12H2/t14-,15-/m0/s1. The highest BCUT2D eigenvalue weighted by atomic mass is 16.5. The highest BCUT2D eigenvalue weighted by Crippen LogP contribution is 2.21. The van der Waals surface area contributed by atoms with Crippen LogP contribution in [-0.2, 0) is 4.74 Å². The molecule has 1 saturated heterocycles. The number of hydrogen-bond donors (Lipinski definition) is 1. The average Bonchev–Trinajstić information content (AvgIpc) is 3.08. The summed E-state index contributed by atoms with van der Waals surface area (Å²) < 4.78 is 7.40. The van der Waals surface area contributed by atoms with Crippen LogP contribution in [0.2, 0.25) is 0 Å². The largest absolute Gasteiger partial charge is 0.460 e. The zero-order chi connectivity index (χ0) is 14.5. The van der Waals surface area contributed by atoms with Gasteiger partial charge < -0.3 is 10.1 Å². The molecule has 3 rings (SSSR count). The molecule has 5 heteroatoms. The summed E-state index contributed by atoms with van der Waals surface area (Å²) in [6.45, 7) is 1.31. The van der Waals surface area contributed by atoms with E-state index in [-0.39, 0.29) is 12.0 Å². The molecule has 0 bridgehead atoms. The molecule has 2 atom stereocenters. The SMILES string of the molecule is O=C(OC[C@@H]1C[C@@H](n2cccn2)CCN1)c1ccccc1. The summed E-state index contributed by atoms with van der Waals surface area (Å²) in [5.74, 6) is -0.265. The third kappa shape index (κ3) is 3.49. The van der Waals surface area contributed by atoms with E-state index in [0.29, 0.717) is 18.2 Å². The van der Waals surface area contributed by atoms with Crippen molar-refractivity contribution in [2.45, 2.75) is 24.9 Å². The molecule has 0 amide bonds. The molecule has 21 heavy (non-hydrogen) atoms. The summed E-state index contributed by atoms with van der Waals surface area (Å²) in [5.41, 5.74) is 0.594. The first-order chi connectivity index (χ1) is 10.3. The molecule has 1 aromatic carbocycles. The first-order valence-corrected chi connectivity index (χ1v) is 7.27. The van der Waals surface area contributed by atoms with Crippen molar-refractivity contribution in [3.63, 3.8) is 0 Å². The molecule has 1 N–H and O–H groups in total. The lowest BCUT2D eigenvalue weighted by Gasteiger charge is -2.30. The molecule has 1 fully saturated rings. The number of nitrogens with one attached hydrogen (secondary N) is 1. The molecule has 1 aromatic heterocycles. The lowest BCUT2D eigenvalue weighted by Crippen LogP contribution is -2.42. The van der Waals surface area contributed by atoms with Crippen LogP contribution in [0.15, 0.2) is 48.8 Å². The Bertz CT molecular complexity index is 568. The highest BCUT2D eigenvalue weighted by molar-refractivity contribution is 5.89. The van der Waals surface area contributed by atoms with E-state index < -0.39 is 0 Å². The summed E-state index contributed by atoms with van der Waals surface area (Å²) in [4.78, 5) is 11.9. The van der Waals surface area contributed by atoms with Crippen molar-refractivity contribution in [3.05, 3.63) is 54.4 Å². The van der Waals surface area contributed by atoms with Crippen molar-refractivity contribution in [1.29, 1.82) is 0 Å². The molecule has 0 unspecified atom stereocenters. The maximum atomic E-state index is 11.9. The number of carbonyl (C=O) groups is 1. The van der Waals surface area contributed by atoms with Crippen molar-refractivity contribution in [2.24, 2.45) is 0 Å². The van der Waals surface area contributed by atoms with Gasteiger partial charge in [0.1, 0.15) is 6.61 Å². The van der Waals surface area contributed by atoms with E-state index in [9.17, 15) is 4.79 Å². The van der Waals surface area contributed by atoms with Crippen molar-refractivity contribution < 1.29 is 9.53 Å². The monoisotopic (exact) mass is 285 g/mol. The maximum absolute atomic E-state index is 11.9. The average molecular weight is 285 g/mol. The van der Waals surface area contributed by atoms with Crippen LogP contribution in [0, 0.1) is 0 Å². The van der Waals surface area contributed by atoms with Gasteiger partial charge in [-0.25, -0.2) is 4.79 Å². The molecule has 1 aliphatic heterocycles. The van der Waals surface area contributed by atoms with Gasteiger partial charge in [0.2, 0.25) is 0 Å². The Hall–Kier alpha value is -2.14. The molecule has 2 heterocycles. The molecule has 5 nitrogen and oxygen atoms in total. The molecule has 0 aliphatic carbocycles. The third-order valence-corrected chi connectivity index (χ3v) is 3.79. The van der Waals surface area contributed by atoms with Crippen molar-refractivity contribution in [3.8, 4) is 0 Å². The molecule has 2 aromatic rings. The number of aromatic nitrogens is 2. The molecule has 0 spiro atoms. The quantitative estimate of drug-likeness (QED) is 0.873. The normalized spacial score (nSPS) is 21.9. The zero-order valence-electron chi connectivity index (χ0n) is 11.8. The van der Waals surface area contributed by atoms with Crippen molar-refractivity contribution in [2.75, 3.05) is 13.2 Å². The fourth-order valence-corrected chi connectivity index (χ4v) is 2.68. The topological polar surface area (TPSA) is 56.2 Å². The first-order valence-electron chi connectivity index (χ1n) is 7.27. The van der Waals surface area contributed by atoms with Crippen molar-refractivity contribution >= 4 is 5.97 Å². The third-order valence-electron chi connectivity index (χ3n) is 3.79. The summed E-state index contributed by atoms with van der Waals surface area (Å²) in [7, 11) is 0. The van der Waals surface area contributed by atoms with E-state index in [0.717, 1.165) is 19.4 Å². The summed E-state index contributed by atoms with van der Waals surface area (Å²) in [6.07, 6.45) is 5.75. The van der Waals surface area contributed by atoms with E-state index in [4.69, 9.17) is 4.74 Å². The Labute approximate surface area is 123 Å². The van der Waals surface area contributed by atoms with E-state index >= 15 is 0 Å². The number of benzene rings is 1.